The Labute approximate surface area is 146 Å². The standard InChI is InChI=1S/C14H19N5O5S/c1-2-3-4-25-14-16-7-10(17-13(15)18-11(7)23)19(14)12-9(22)8(21)6(5-20)24-12/h2-3,6,8-9,12,20-22H,4-5H2,1H3,(H3,15,17,18,23)/t6-,8?,9?,12-/m1/s1. The maximum Gasteiger partial charge on any atom is 0.280 e. The molecule has 136 valence electrons. The Bertz CT molecular complexity index is 850. The van der Waals surface area contributed by atoms with E-state index in [0.717, 1.165) is 0 Å². The van der Waals surface area contributed by atoms with Crippen molar-refractivity contribution < 1.29 is 20.1 Å². The smallest absolute Gasteiger partial charge is 0.280 e. The van der Waals surface area contributed by atoms with Crippen LogP contribution in [0, 0.1) is 0 Å². The molecular formula is C14H19N5O5S. The number of H-pyrrole nitrogens is 1. The third kappa shape index (κ3) is 3.16. The van der Waals surface area contributed by atoms with Gasteiger partial charge >= 0.3 is 0 Å². The van der Waals surface area contributed by atoms with E-state index >= 15 is 0 Å². The van der Waals surface area contributed by atoms with Gasteiger partial charge in [-0.2, -0.15) is 4.98 Å². The van der Waals surface area contributed by atoms with Gasteiger partial charge in [-0.25, -0.2) is 4.98 Å². The molecule has 10 nitrogen and oxygen atoms in total. The van der Waals surface area contributed by atoms with Crippen LogP contribution in [0.2, 0.25) is 0 Å². The number of nitrogens with one attached hydrogen (secondary N) is 1. The lowest BCUT2D eigenvalue weighted by Gasteiger charge is -2.18. The average molecular weight is 369 g/mol. The van der Waals surface area contributed by atoms with Crippen LogP contribution in [0.25, 0.3) is 11.2 Å². The SMILES string of the molecule is CC=CCSc1nc2c(=O)[nH]c(N)nc2n1[C@@H]1O[C@H](CO)C(O)C1O. The molecule has 6 N–H and O–H groups in total. The van der Waals surface area contributed by atoms with Crippen molar-refractivity contribution in [2.75, 3.05) is 18.1 Å². The summed E-state index contributed by atoms with van der Waals surface area (Å²) < 4.78 is 6.99. The molecule has 0 bridgehead atoms. The number of ether oxygens (including phenoxy) is 1. The molecule has 4 atom stereocenters. The summed E-state index contributed by atoms with van der Waals surface area (Å²) in [4.78, 5) is 22.9. The summed E-state index contributed by atoms with van der Waals surface area (Å²) in [5, 5.41) is 30.0. The summed E-state index contributed by atoms with van der Waals surface area (Å²) >= 11 is 1.31. The van der Waals surface area contributed by atoms with Crippen LogP contribution in [-0.2, 0) is 4.74 Å². The molecule has 3 rings (SSSR count). The first-order chi connectivity index (χ1) is 12.0. The molecule has 0 amide bonds. The van der Waals surface area contributed by atoms with Crippen LogP contribution in [0.1, 0.15) is 13.2 Å². The van der Waals surface area contributed by atoms with Gasteiger partial charge in [0.1, 0.15) is 18.3 Å². The van der Waals surface area contributed by atoms with Gasteiger partial charge in [0.05, 0.1) is 6.61 Å². The maximum absolute atomic E-state index is 12.1. The summed E-state index contributed by atoms with van der Waals surface area (Å²) in [5.41, 5.74) is 5.30. The quantitative estimate of drug-likeness (QED) is 0.328. The van der Waals surface area contributed by atoms with Gasteiger partial charge in [0.15, 0.2) is 22.5 Å². The van der Waals surface area contributed by atoms with E-state index in [0.29, 0.717) is 10.9 Å². The number of aliphatic hydroxyl groups is 3. The minimum absolute atomic E-state index is 0.0508. The van der Waals surface area contributed by atoms with Crippen LogP contribution in [0.4, 0.5) is 5.95 Å². The van der Waals surface area contributed by atoms with E-state index in [9.17, 15) is 20.1 Å². The van der Waals surface area contributed by atoms with Crippen LogP contribution >= 0.6 is 11.8 Å². The molecule has 0 aliphatic carbocycles. The number of hydrogen-bond acceptors (Lipinski definition) is 9. The van der Waals surface area contributed by atoms with E-state index in [1.165, 1.54) is 16.3 Å². The highest BCUT2D eigenvalue weighted by Crippen LogP contribution is 2.35. The molecule has 0 radical (unpaired) electrons. The lowest BCUT2D eigenvalue weighted by Crippen LogP contribution is -2.33. The Hall–Kier alpha value is -1.92. The van der Waals surface area contributed by atoms with Crippen molar-refractivity contribution in [2.45, 2.75) is 36.6 Å². The molecule has 1 fully saturated rings. The van der Waals surface area contributed by atoms with E-state index in [4.69, 9.17) is 10.5 Å². The fourth-order valence-electron chi connectivity index (χ4n) is 2.62. The number of aromatic amines is 1. The number of rotatable bonds is 5. The number of aliphatic hydroxyl groups excluding tert-OH is 3. The highest BCUT2D eigenvalue weighted by atomic mass is 32.2. The molecule has 0 spiro atoms. The highest BCUT2D eigenvalue weighted by molar-refractivity contribution is 7.99. The molecule has 2 aromatic heterocycles. The van der Waals surface area contributed by atoms with Crippen molar-refractivity contribution in [3.63, 3.8) is 0 Å². The molecule has 1 aliphatic heterocycles. The van der Waals surface area contributed by atoms with E-state index in [-0.39, 0.29) is 17.1 Å². The first kappa shape index (κ1) is 17.9. The number of nitrogen functional groups attached to an aromatic ring is 1. The van der Waals surface area contributed by atoms with Gasteiger partial charge in [0.2, 0.25) is 5.95 Å². The van der Waals surface area contributed by atoms with Crippen molar-refractivity contribution in [3.05, 3.63) is 22.5 Å². The molecule has 25 heavy (non-hydrogen) atoms. The molecule has 1 aliphatic rings. The number of fused-ring (bicyclic) bond motifs is 1. The number of thioether (sulfide) groups is 1. The molecule has 0 saturated carbocycles. The minimum atomic E-state index is -1.32. The summed E-state index contributed by atoms with van der Waals surface area (Å²) in [7, 11) is 0. The van der Waals surface area contributed by atoms with Gasteiger partial charge in [-0.1, -0.05) is 23.9 Å². The fraction of sp³-hybridized carbons (Fsp3) is 0.500. The summed E-state index contributed by atoms with van der Waals surface area (Å²) in [6.45, 7) is 1.42. The molecule has 2 unspecified atom stereocenters. The Morgan fingerprint density at radius 2 is 2.16 bits per heavy atom. The molecule has 1 saturated heterocycles. The number of hydrogen-bond donors (Lipinski definition) is 5. The molecule has 0 aromatic carbocycles. The number of imidazole rings is 1. The molecule has 2 aromatic rings. The topological polar surface area (TPSA) is 160 Å². The first-order valence-corrected chi connectivity index (χ1v) is 8.60. The van der Waals surface area contributed by atoms with Crippen molar-refractivity contribution in [2.24, 2.45) is 0 Å². The molecule has 11 heteroatoms. The fourth-order valence-corrected chi connectivity index (χ4v) is 3.55. The van der Waals surface area contributed by atoms with Gasteiger partial charge in [0.25, 0.3) is 5.56 Å². The van der Waals surface area contributed by atoms with Crippen molar-refractivity contribution in [1.82, 2.24) is 19.5 Å². The lowest BCUT2D eigenvalue weighted by molar-refractivity contribution is -0.0548. The second kappa shape index (κ2) is 7.14. The van der Waals surface area contributed by atoms with Crippen molar-refractivity contribution in [3.8, 4) is 0 Å². The van der Waals surface area contributed by atoms with Gasteiger partial charge in [-0.05, 0) is 6.92 Å². The number of nitrogens with zero attached hydrogens (tertiary/aromatic N) is 3. The average Bonchev–Trinajstić information content (AvgIpc) is 3.06. The van der Waals surface area contributed by atoms with Gasteiger partial charge in [-0.15, -0.1) is 0 Å². The Balaban J connectivity index is 2.13. The predicted molar refractivity (Wildman–Crippen MR) is 91.1 cm³/mol. The van der Waals surface area contributed by atoms with Gasteiger partial charge in [-0.3, -0.25) is 14.3 Å². The van der Waals surface area contributed by atoms with Crippen LogP contribution in [-0.4, -0.2) is 65.5 Å². The number of anilines is 1. The summed E-state index contributed by atoms with van der Waals surface area (Å²) in [5.74, 6) is 0.470. The number of allylic oxidation sites excluding steroid dienone is 1. The highest BCUT2D eigenvalue weighted by Gasteiger charge is 2.45. The van der Waals surface area contributed by atoms with Crippen LogP contribution in [0.5, 0.6) is 0 Å². The Morgan fingerprint density at radius 3 is 2.80 bits per heavy atom. The molecular weight excluding hydrogens is 350 g/mol. The predicted octanol–water partition coefficient (Wildman–Crippen LogP) is -1.02. The zero-order valence-electron chi connectivity index (χ0n) is 13.4. The van der Waals surface area contributed by atoms with Gasteiger partial charge < -0.3 is 25.8 Å². The Kier molecular flexibility index (Phi) is 5.11. The lowest BCUT2D eigenvalue weighted by atomic mass is 10.1. The first-order valence-electron chi connectivity index (χ1n) is 7.62. The zero-order valence-corrected chi connectivity index (χ0v) is 14.2. The number of nitrogens with two attached hydrogens (primary N) is 1. The molecule has 3 heterocycles. The van der Waals surface area contributed by atoms with E-state index < -0.39 is 36.7 Å². The van der Waals surface area contributed by atoms with Crippen LogP contribution in [0.15, 0.2) is 22.1 Å². The Morgan fingerprint density at radius 1 is 1.40 bits per heavy atom. The second-order valence-electron chi connectivity index (χ2n) is 5.50. The summed E-state index contributed by atoms with van der Waals surface area (Å²) in [6, 6.07) is 0. The second-order valence-corrected chi connectivity index (χ2v) is 6.48. The maximum atomic E-state index is 12.1. The zero-order chi connectivity index (χ0) is 18.1. The van der Waals surface area contributed by atoms with E-state index in [2.05, 4.69) is 15.0 Å². The third-order valence-corrected chi connectivity index (χ3v) is 4.76. The third-order valence-electron chi connectivity index (χ3n) is 3.85. The van der Waals surface area contributed by atoms with E-state index in [1.54, 1.807) is 0 Å². The largest absolute Gasteiger partial charge is 0.394 e. The van der Waals surface area contributed by atoms with Crippen LogP contribution < -0.4 is 11.3 Å². The van der Waals surface area contributed by atoms with Gasteiger partial charge in [0, 0.05) is 5.75 Å². The number of aromatic nitrogens is 4. The minimum Gasteiger partial charge on any atom is -0.394 e. The van der Waals surface area contributed by atoms with Crippen molar-refractivity contribution >= 4 is 28.9 Å². The normalized spacial score (nSPS) is 26.9. The van der Waals surface area contributed by atoms with E-state index in [1.807, 2.05) is 19.1 Å². The summed E-state index contributed by atoms with van der Waals surface area (Å²) in [6.07, 6.45) is -0.838. The van der Waals surface area contributed by atoms with Crippen molar-refractivity contribution in [1.29, 1.82) is 0 Å². The monoisotopic (exact) mass is 369 g/mol. The van der Waals surface area contributed by atoms with Crippen LogP contribution in [0.3, 0.4) is 0 Å².